The summed E-state index contributed by atoms with van der Waals surface area (Å²) in [7, 11) is -0.481. The maximum absolute atomic E-state index is 13.3. The average Bonchev–Trinajstić information content (AvgIpc) is 3.21. The molecule has 0 radical (unpaired) electrons. The van der Waals surface area contributed by atoms with Crippen molar-refractivity contribution in [1.82, 2.24) is 15.6 Å². The van der Waals surface area contributed by atoms with E-state index in [0.717, 1.165) is 35.7 Å². The van der Waals surface area contributed by atoms with Gasteiger partial charge in [-0.15, -0.1) is 11.3 Å². The van der Waals surface area contributed by atoms with Crippen molar-refractivity contribution in [3.05, 3.63) is 70.4 Å². The molecule has 2 N–H and O–H groups in total. The third kappa shape index (κ3) is 5.12. The number of aryl methyl sites for hydroxylation is 2. The van der Waals surface area contributed by atoms with Crippen LogP contribution in [-0.2, 0) is 16.6 Å². The second kappa shape index (κ2) is 10.4. The number of thiazole rings is 1. The summed E-state index contributed by atoms with van der Waals surface area (Å²) in [4.78, 5) is 4.29. The number of hydrogen-bond donors (Lipinski definition) is 2. The minimum absolute atomic E-state index is 0.227. The molecule has 4 rings (SSSR count). The lowest BCUT2D eigenvalue weighted by Crippen LogP contribution is -2.45. The zero-order valence-electron chi connectivity index (χ0n) is 20.0. The van der Waals surface area contributed by atoms with Gasteiger partial charge in [-0.05, 0) is 57.0 Å². The predicted molar refractivity (Wildman–Crippen MR) is 137 cm³/mol. The number of nitrogens with one attached hydrogen (secondary N) is 2. The first kappa shape index (κ1) is 24.7. The van der Waals surface area contributed by atoms with Gasteiger partial charge >= 0.3 is 0 Å². The Morgan fingerprint density at radius 2 is 1.97 bits per heavy atom. The fourth-order valence-corrected chi connectivity index (χ4v) is 7.30. The predicted octanol–water partition coefficient (Wildman–Crippen LogP) is 4.18. The highest BCUT2D eigenvalue weighted by Crippen LogP contribution is 2.32. The number of rotatable bonds is 8. The number of benzene rings is 2. The SMILES string of the molecule is COc1ccc(N(C)S(=O)(=O)c2sc(C)nc2C)cc1CNC1CCCNC1c1ccccc1. The van der Waals surface area contributed by atoms with Gasteiger partial charge in [-0.1, -0.05) is 30.3 Å². The van der Waals surface area contributed by atoms with Crippen LogP contribution in [0.4, 0.5) is 5.69 Å². The lowest BCUT2D eigenvalue weighted by atomic mass is 9.92. The van der Waals surface area contributed by atoms with E-state index in [1.54, 1.807) is 27.1 Å². The van der Waals surface area contributed by atoms with Crippen molar-refractivity contribution < 1.29 is 13.2 Å². The molecule has 1 fully saturated rings. The van der Waals surface area contributed by atoms with Crippen LogP contribution in [0.25, 0.3) is 0 Å². The molecule has 2 unspecified atom stereocenters. The van der Waals surface area contributed by atoms with E-state index in [2.05, 4.69) is 39.9 Å². The standard InChI is InChI=1S/C25H32N4O3S2/c1-17-25(33-18(2)28-17)34(30,31)29(3)21-12-13-23(32-4)20(15-21)16-27-22-11-8-14-26-24(22)19-9-6-5-7-10-19/h5-7,9-10,12-13,15,22,24,26-27H,8,11,14,16H2,1-4H3. The molecule has 9 heteroatoms. The lowest BCUT2D eigenvalue weighted by molar-refractivity contribution is 0.303. The Morgan fingerprint density at radius 1 is 1.21 bits per heavy atom. The number of piperidine rings is 1. The molecule has 2 atom stereocenters. The number of methoxy groups -OCH3 is 1. The first-order chi connectivity index (χ1) is 16.3. The minimum atomic E-state index is -3.70. The average molecular weight is 501 g/mol. The number of nitrogens with zero attached hydrogens (tertiary/aromatic N) is 2. The van der Waals surface area contributed by atoms with Gasteiger partial charge in [-0.2, -0.15) is 0 Å². The Morgan fingerprint density at radius 3 is 2.65 bits per heavy atom. The van der Waals surface area contributed by atoms with Crippen LogP contribution in [0.1, 0.15) is 40.7 Å². The van der Waals surface area contributed by atoms with Gasteiger partial charge in [0.1, 0.15) is 5.75 Å². The summed E-state index contributed by atoms with van der Waals surface area (Å²) in [5.74, 6) is 0.729. The van der Waals surface area contributed by atoms with E-state index < -0.39 is 10.0 Å². The summed E-state index contributed by atoms with van der Waals surface area (Å²) in [6, 6.07) is 16.5. The van der Waals surface area contributed by atoms with Crippen LogP contribution in [0, 0.1) is 13.8 Å². The smallest absolute Gasteiger partial charge is 0.275 e. The highest BCUT2D eigenvalue weighted by Gasteiger charge is 2.28. The molecule has 0 bridgehead atoms. The third-order valence-corrected chi connectivity index (χ3v) is 9.70. The van der Waals surface area contributed by atoms with Gasteiger partial charge in [-0.25, -0.2) is 13.4 Å². The van der Waals surface area contributed by atoms with E-state index >= 15 is 0 Å². The molecule has 0 saturated carbocycles. The molecule has 2 aromatic carbocycles. The molecule has 0 spiro atoms. The zero-order valence-corrected chi connectivity index (χ0v) is 21.7. The summed E-state index contributed by atoms with van der Waals surface area (Å²) in [6.45, 7) is 5.11. The van der Waals surface area contributed by atoms with Gasteiger partial charge in [0.05, 0.1) is 23.5 Å². The third-order valence-electron chi connectivity index (χ3n) is 6.26. The normalized spacial score (nSPS) is 18.6. The molecule has 1 aliphatic rings. The largest absolute Gasteiger partial charge is 0.496 e. The fraction of sp³-hybridized carbons (Fsp3) is 0.400. The van der Waals surface area contributed by atoms with Crippen LogP contribution in [-0.4, -0.2) is 40.1 Å². The van der Waals surface area contributed by atoms with E-state index in [4.69, 9.17) is 4.74 Å². The lowest BCUT2D eigenvalue weighted by Gasteiger charge is -2.34. The van der Waals surface area contributed by atoms with Crippen molar-refractivity contribution in [3.63, 3.8) is 0 Å². The molecule has 3 aromatic rings. The number of ether oxygens (including phenoxy) is 1. The molecule has 34 heavy (non-hydrogen) atoms. The summed E-state index contributed by atoms with van der Waals surface area (Å²) in [6.07, 6.45) is 2.17. The summed E-state index contributed by atoms with van der Waals surface area (Å²) in [5, 5.41) is 8.07. The first-order valence-electron chi connectivity index (χ1n) is 11.4. The van der Waals surface area contributed by atoms with Crippen LogP contribution in [0.5, 0.6) is 5.75 Å². The van der Waals surface area contributed by atoms with Crippen molar-refractivity contribution in [3.8, 4) is 5.75 Å². The molecule has 1 aliphatic heterocycles. The molecule has 0 amide bonds. The topological polar surface area (TPSA) is 83.6 Å². The van der Waals surface area contributed by atoms with Gasteiger partial charge in [0.2, 0.25) is 0 Å². The zero-order chi connectivity index (χ0) is 24.3. The number of aromatic nitrogens is 1. The number of hydrogen-bond acceptors (Lipinski definition) is 7. The minimum Gasteiger partial charge on any atom is -0.496 e. The van der Waals surface area contributed by atoms with Crippen LogP contribution in [0.3, 0.4) is 0 Å². The van der Waals surface area contributed by atoms with E-state index in [9.17, 15) is 8.42 Å². The Balaban J connectivity index is 1.56. The quantitative estimate of drug-likeness (QED) is 0.483. The van der Waals surface area contributed by atoms with E-state index in [1.165, 1.54) is 21.2 Å². The molecular formula is C25H32N4O3S2. The monoisotopic (exact) mass is 500 g/mol. The Kier molecular flexibility index (Phi) is 7.57. The van der Waals surface area contributed by atoms with Gasteiger partial charge in [0.25, 0.3) is 10.0 Å². The van der Waals surface area contributed by atoms with Crippen LogP contribution in [0.15, 0.2) is 52.7 Å². The van der Waals surface area contributed by atoms with Gasteiger partial charge < -0.3 is 15.4 Å². The van der Waals surface area contributed by atoms with Crippen molar-refractivity contribution in [1.29, 1.82) is 0 Å². The molecular weight excluding hydrogens is 468 g/mol. The Bertz CT molecular complexity index is 1230. The molecule has 2 heterocycles. The highest BCUT2D eigenvalue weighted by molar-refractivity contribution is 7.94. The van der Waals surface area contributed by atoms with E-state index in [1.807, 2.05) is 25.1 Å². The molecule has 1 aromatic heterocycles. The van der Waals surface area contributed by atoms with Crippen molar-refractivity contribution in [2.45, 2.75) is 49.5 Å². The number of sulfonamides is 1. The molecule has 1 saturated heterocycles. The van der Waals surface area contributed by atoms with Crippen LogP contribution in [0.2, 0.25) is 0 Å². The highest BCUT2D eigenvalue weighted by atomic mass is 32.2. The van der Waals surface area contributed by atoms with Crippen molar-refractivity contribution in [2.24, 2.45) is 0 Å². The molecule has 182 valence electrons. The second-order valence-corrected chi connectivity index (χ2v) is 11.9. The summed E-state index contributed by atoms with van der Waals surface area (Å²) in [5.41, 5.74) is 3.30. The van der Waals surface area contributed by atoms with Crippen LogP contribution >= 0.6 is 11.3 Å². The van der Waals surface area contributed by atoms with E-state index in [-0.39, 0.29) is 16.3 Å². The van der Waals surface area contributed by atoms with Crippen molar-refractivity contribution in [2.75, 3.05) is 25.0 Å². The van der Waals surface area contributed by atoms with Gasteiger partial charge in [0.15, 0.2) is 4.21 Å². The maximum Gasteiger partial charge on any atom is 0.275 e. The summed E-state index contributed by atoms with van der Waals surface area (Å²) < 4.78 is 33.8. The van der Waals surface area contributed by atoms with E-state index in [0.29, 0.717) is 17.9 Å². The summed E-state index contributed by atoms with van der Waals surface area (Å²) >= 11 is 1.20. The first-order valence-corrected chi connectivity index (χ1v) is 13.7. The van der Waals surface area contributed by atoms with Crippen LogP contribution < -0.4 is 19.7 Å². The van der Waals surface area contributed by atoms with Gasteiger partial charge in [0, 0.05) is 31.2 Å². The fourth-order valence-electron chi connectivity index (χ4n) is 4.47. The van der Waals surface area contributed by atoms with Gasteiger partial charge in [-0.3, -0.25) is 4.31 Å². The Hall–Kier alpha value is -2.46. The molecule has 7 nitrogen and oxygen atoms in total. The maximum atomic E-state index is 13.3. The van der Waals surface area contributed by atoms with Crippen molar-refractivity contribution >= 4 is 27.0 Å². The molecule has 0 aliphatic carbocycles. The second-order valence-electron chi connectivity index (χ2n) is 8.55. The Labute approximate surface area is 206 Å². The number of anilines is 1.